The minimum absolute atomic E-state index is 0.0124. The van der Waals surface area contributed by atoms with E-state index in [4.69, 9.17) is 0 Å². The van der Waals surface area contributed by atoms with E-state index in [2.05, 4.69) is 0 Å². The first-order valence-corrected chi connectivity index (χ1v) is 7.25. The summed E-state index contributed by atoms with van der Waals surface area (Å²) in [6.07, 6.45) is 1.82. The largest absolute Gasteiger partial charge is 0.304 e. The monoisotopic (exact) mass is 291 g/mol. The van der Waals surface area contributed by atoms with Crippen molar-refractivity contribution in [3.8, 4) is 0 Å². The second kappa shape index (κ2) is 5.60. The summed E-state index contributed by atoms with van der Waals surface area (Å²) in [5, 5.41) is 0. The SMILES string of the molecule is CC(=O)C1=Cc2ccccc2C(=O)N(c2ccc(C)cc2)C1. The van der Waals surface area contributed by atoms with Crippen molar-refractivity contribution in [1.82, 2.24) is 0 Å². The molecule has 1 aliphatic heterocycles. The van der Waals surface area contributed by atoms with Gasteiger partial charge in [-0.25, -0.2) is 0 Å². The van der Waals surface area contributed by atoms with Crippen LogP contribution in [0, 0.1) is 6.92 Å². The normalized spacial score (nSPS) is 14.2. The molecule has 3 heteroatoms. The number of hydrogen-bond acceptors (Lipinski definition) is 2. The number of anilines is 1. The summed E-state index contributed by atoms with van der Waals surface area (Å²) < 4.78 is 0. The van der Waals surface area contributed by atoms with Gasteiger partial charge in [0.25, 0.3) is 5.91 Å². The van der Waals surface area contributed by atoms with E-state index in [1.54, 1.807) is 11.0 Å². The first kappa shape index (κ1) is 14.3. The topological polar surface area (TPSA) is 37.4 Å². The lowest BCUT2D eigenvalue weighted by molar-refractivity contribution is -0.113. The molecule has 0 spiro atoms. The third kappa shape index (κ3) is 2.58. The van der Waals surface area contributed by atoms with Crippen molar-refractivity contribution in [2.75, 3.05) is 11.4 Å². The molecule has 0 radical (unpaired) electrons. The number of aryl methyl sites for hydroxylation is 1. The number of Topliss-reactive ketones (excluding diaryl/α,β-unsaturated/α-hetero) is 1. The van der Waals surface area contributed by atoms with Crippen molar-refractivity contribution in [1.29, 1.82) is 0 Å². The zero-order valence-corrected chi connectivity index (χ0v) is 12.7. The summed E-state index contributed by atoms with van der Waals surface area (Å²) in [6, 6.07) is 15.2. The van der Waals surface area contributed by atoms with Crippen molar-refractivity contribution in [3.63, 3.8) is 0 Å². The van der Waals surface area contributed by atoms with Crippen LogP contribution in [0.2, 0.25) is 0 Å². The summed E-state index contributed by atoms with van der Waals surface area (Å²) >= 11 is 0. The first-order valence-electron chi connectivity index (χ1n) is 7.25. The Hall–Kier alpha value is -2.68. The maximum atomic E-state index is 12.9. The van der Waals surface area contributed by atoms with Crippen LogP contribution >= 0.6 is 0 Å². The lowest BCUT2D eigenvalue weighted by Crippen LogP contribution is -2.32. The number of rotatable bonds is 2. The van der Waals surface area contributed by atoms with Crippen molar-refractivity contribution in [3.05, 3.63) is 70.8 Å². The molecule has 1 aliphatic rings. The molecule has 0 atom stereocenters. The Morgan fingerprint density at radius 3 is 2.41 bits per heavy atom. The predicted molar refractivity (Wildman–Crippen MR) is 88.0 cm³/mol. The molecule has 0 aliphatic carbocycles. The molecule has 1 amide bonds. The van der Waals surface area contributed by atoms with Gasteiger partial charge in [-0.05, 0) is 43.7 Å². The van der Waals surface area contributed by atoms with Crippen molar-refractivity contribution in [2.45, 2.75) is 13.8 Å². The van der Waals surface area contributed by atoms with E-state index in [1.165, 1.54) is 6.92 Å². The van der Waals surface area contributed by atoms with E-state index in [0.29, 0.717) is 17.7 Å². The lowest BCUT2D eigenvalue weighted by atomic mass is 10.0. The van der Waals surface area contributed by atoms with Crippen LogP contribution in [0.15, 0.2) is 54.1 Å². The highest BCUT2D eigenvalue weighted by atomic mass is 16.2. The van der Waals surface area contributed by atoms with E-state index >= 15 is 0 Å². The molecule has 1 heterocycles. The smallest absolute Gasteiger partial charge is 0.259 e. The molecule has 2 aromatic carbocycles. The summed E-state index contributed by atoms with van der Waals surface area (Å²) in [6.45, 7) is 3.84. The molecule has 0 unspecified atom stereocenters. The Labute approximate surface area is 129 Å². The average molecular weight is 291 g/mol. The Kier molecular flexibility index (Phi) is 3.63. The van der Waals surface area contributed by atoms with Gasteiger partial charge in [-0.15, -0.1) is 0 Å². The first-order chi connectivity index (χ1) is 10.6. The van der Waals surface area contributed by atoms with Crippen LogP contribution in [0.3, 0.4) is 0 Å². The number of ketones is 1. The van der Waals surface area contributed by atoms with Crippen LogP contribution in [0.4, 0.5) is 5.69 Å². The van der Waals surface area contributed by atoms with Crippen LogP contribution in [0.25, 0.3) is 6.08 Å². The highest BCUT2D eigenvalue weighted by molar-refractivity contribution is 6.12. The Bertz CT molecular complexity index is 772. The molecule has 110 valence electrons. The molecule has 2 aromatic rings. The number of amides is 1. The number of benzene rings is 2. The van der Waals surface area contributed by atoms with Gasteiger partial charge in [0.1, 0.15) is 0 Å². The zero-order chi connectivity index (χ0) is 15.7. The molecule has 0 aromatic heterocycles. The van der Waals surface area contributed by atoms with Gasteiger partial charge in [-0.1, -0.05) is 35.9 Å². The van der Waals surface area contributed by atoms with Gasteiger partial charge in [0.15, 0.2) is 5.78 Å². The van der Waals surface area contributed by atoms with E-state index in [9.17, 15) is 9.59 Å². The van der Waals surface area contributed by atoms with Gasteiger partial charge >= 0.3 is 0 Å². The standard InChI is InChI=1S/C19H17NO2/c1-13-7-9-17(10-8-13)20-12-16(14(2)21)11-15-5-3-4-6-18(15)19(20)22/h3-11H,12H2,1-2H3. The molecular weight excluding hydrogens is 274 g/mol. The lowest BCUT2D eigenvalue weighted by Gasteiger charge is -2.22. The molecule has 0 bridgehead atoms. The van der Waals surface area contributed by atoms with E-state index in [0.717, 1.165) is 16.8 Å². The second-order valence-corrected chi connectivity index (χ2v) is 5.54. The third-order valence-corrected chi connectivity index (χ3v) is 3.89. The molecular formula is C19H17NO2. The Balaban J connectivity index is 2.12. The molecule has 0 saturated heterocycles. The van der Waals surface area contributed by atoms with Crippen LogP contribution in [0.1, 0.15) is 28.4 Å². The number of carbonyl (C=O) groups excluding carboxylic acids is 2. The van der Waals surface area contributed by atoms with Crippen LogP contribution in [0.5, 0.6) is 0 Å². The number of carbonyl (C=O) groups is 2. The highest BCUT2D eigenvalue weighted by Crippen LogP contribution is 2.26. The average Bonchev–Trinajstić information content (AvgIpc) is 2.66. The van der Waals surface area contributed by atoms with Crippen molar-refractivity contribution in [2.24, 2.45) is 0 Å². The third-order valence-electron chi connectivity index (χ3n) is 3.89. The van der Waals surface area contributed by atoms with Gasteiger partial charge in [-0.2, -0.15) is 0 Å². The second-order valence-electron chi connectivity index (χ2n) is 5.54. The van der Waals surface area contributed by atoms with Crippen molar-refractivity contribution >= 4 is 23.5 Å². The highest BCUT2D eigenvalue weighted by Gasteiger charge is 2.25. The van der Waals surface area contributed by atoms with Gasteiger partial charge in [-0.3, -0.25) is 9.59 Å². The van der Waals surface area contributed by atoms with Gasteiger partial charge in [0.2, 0.25) is 0 Å². The quantitative estimate of drug-likeness (QED) is 0.847. The molecule has 0 fully saturated rings. The van der Waals surface area contributed by atoms with E-state index in [1.807, 2.05) is 55.5 Å². The summed E-state index contributed by atoms with van der Waals surface area (Å²) in [5.74, 6) is -0.0893. The zero-order valence-electron chi connectivity index (χ0n) is 12.7. The fourth-order valence-corrected chi connectivity index (χ4v) is 2.58. The molecule has 3 nitrogen and oxygen atoms in total. The fourth-order valence-electron chi connectivity index (χ4n) is 2.58. The van der Waals surface area contributed by atoms with Gasteiger partial charge < -0.3 is 4.90 Å². The maximum Gasteiger partial charge on any atom is 0.259 e. The van der Waals surface area contributed by atoms with Crippen molar-refractivity contribution < 1.29 is 9.59 Å². The van der Waals surface area contributed by atoms with Crippen LogP contribution in [-0.2, 0) is 4.79 Å². The van der Waals surface area contributed by atoms with Crippen LogP contribution < -0.4 is 4.90 Å². The summed E-state index contributed by atoms with van der Waals surface area (Å²) in [5.41, 5.74) is 4.00. The molecule has 0 N–H and O–H groups in total. The molecule has 0 saturated carbocycles. The minimum Gasteiger partial charge on any atom is -0.304 e. The number of hydrogen-bond donors (Lipinski definition) is 0. The van der Waals surface area contributed by atoms with E-state index in [-0.39, 0.29) is 11.7 Å². The number of fused-ring (bicyclic) bond motifs is 1. The van der Waals surface area contributed by atoms with Gasteiger partial charge in [0.05, 0.1) is 6.54 Å². The summed E-state index contributed by atoms with van der Waals surface area (Å²) in [7, 11) is 0. The molecule has 3 rings (SSSR count). The fraction of sp³-hybridized carbons (Fsp3) is 0.158. The number of nitrogens with zero attached hydrogens (tertiary/aromatic N) is 1. The minimum atomic E-state index is -0.0769. The van der Waals surface area contributed by atoms with Gasteiger partial charge in [0, 0.05) is 16.8 Å². The molecule has 22 heavy (non-hydrogen) atoms. The Morgan fingerprint density at radius 2 is 1.73 bits per heavy atom. The summed E-state index contributed by atoms with van der Waals surface area (Å²) in [4.78, 5) is 26.4. The predicted octanol–water partition coefficient (Wildman–Crippen LogP) is 3.63. The van der Waals surface area contributed by atoms with E-state index < -0.39 is 0 Å². The Morgan fingerprint density at radius 1 is 1.05 bits per heavy atom. The van der Waals surface area contributed by atoms with Crippen LogP contribution in [-0.4, -0.2) is 18.2 Å². The maximum absolute atomic E-state index is 12.9.